The van der Waals surface area contributed by atoms with E-state index in [1.54, 1.807) is 11.3 Å². The maximum Gasteiger partial charge on any atom is 0.407 e. The van der Waals surface area contributed by atoms with Crippen LogP contribution in [-0.4, -0.2) is 34.7 Å². The summed E-state index contributed by atoms with van der Waals surface area (Å²) in [7, 11) is 0. The molecule has 158 valence electrons. The molecule has 1 aliphatic carbocycles. The van der Waals surface area contributed by atoms with Gasteiger partial charge in [-0.25, -0.2) is 9.78 Å². The van der Waals surface area contributed by atoms with Crippen LogP contribution in [0.25, 0.3) is 10.8 Å². The lowest BCUT2D eigenvalue weighted by molar-refractivity contribution is -0.122. The summed E-state index contributed by atoms with van der Waals surface area (Å²) < 4.78 is 11.0. The number of carbonyl (C=O) groups excluding carboxylic acids is 2. The minimum absolute atomic E-state index is 0.119. The van der Waals surface area contributed by atoms with Crippen molar-refractivity contribution in [3.05, 3.63) is 29.0 Å². The average molecular weight is 420 g/mol. The van der Waals surface area contributed by atoms with Crippen molar-refractivity contribution >= 4 is 23.3 Å². The monoisotopic (exact) mass is 419 g/mol. The number of aryl methyl sites for hydroxylation is 1. The van der Waals surface area contributed by atoms with Crippen molar-refractivity contribution in [3.63, 3.8) is 0 Å². The van der Waals surface area contributed by atoms with Gasteiger partial charge in [0, 0.05) is 6.54 Å². The third-order valence-corrected chi connectivity index (χ3v) is 5.75. The Balaban J connectivity index is 1.61. The van der Waals surface area contributed by atoms with Crippen LogP contribution in [0.3, 0.4) is 0 Å². The van der Waals surface area contributed by atoms with Crippen LogP contribution in [0.2, 0.25) is 0 Å². The Bertz CT molecular complexity index is 846. The molecular formula is C21H29N3O4S. The molecule has 7 nitrogen and oxygen atoms in total. The van der Waals surface area contributed by atoms with E-state index in [0.29, 0.717) is 23.9 Å². The van der Waals surface area contributed by atoms with Crippen LogP contribution in [0, 0.1) is 6.92 Å². The first-order chi connectivity index (χ1) is 13.7. The molecule has 1 fully saturated rings. The Morgan fingerprint density at radius 2 is 2.03 bits per heavy atom. The first-order valence-electron chi connectivity index (χ1n) is 9.94. The van der Waals surface area contributed by atoms with E-state index in [-0.39, 0.29) is 12.3 Å². The Morgan fingerprint density at radius 3 is 2.66 bits per heavy atom. The van der Waals surface area contributed by atoms with Crippen molar-refractivity contribution in [3.8, 4) is 10.8 Å². The number of nitrogens with one attached hydrogen (secondary N) is 2. The fraction of sp³-hybridized carbons (Fsp3) is 0.571. The second kappa shape index (κ2) is 8.57. The van der Waals surface area contributed by atoms with Crippen molar-refractivity contribution in [2.75, 3.05) is 6.54 Å². The molecule has 2 aromatic rings. The molecular weight excluding hydrogens is 390 g/mol. The number of nitrogens with zero attached hydrogens (tertiary/aromatic N) is 1. The lowest BCUT2D eigenvalue weighted by Crippen LogP contribution is -2.54. The number of rotatable bonds is 6. The van der Waals surface area contributed by atoms with Crippen molar-refractivity contribution in [2.24, 2.45) is 0 Å². The van der Waals surface area contributed by atoms with E-state index in [1.807, 2.05) is 45.2 Å². The Labute approximate surface area is 175 Å². The Hall–Kier alpha value is -2.35. The highest BCUT2D eigenvalue weighted by molar-refractivity contribution is 7.13. The minimum Gasteiger partial charge on any atom is -0.444 e. The third kappa shape index (κ3) is 5.82. The number of thiophene rings is 1. The molecule has 2 amide bonds. The fourth-order valence-corrected chi connectivity index (χ4v) is 4.19. The van der Waals surface area contributed by atoms with Gasteiger partial charge in [0.05, 0.1) is 22.5 Å². The van der Waals surface area contributed by atoms with Crippen molar-refractivity contribution in [1.82, 2.24) is 15.6 Å². The van der Waals surface area contributed by atoms with Crippen LogP contribution in [0.4, 0.5) is 4.79 Å². The quantitative estimate of drug-likeness (QED) is 0.732. The summed E-state index contributed by atoms with van der Waals surface area (Å²) in [6, 6.07) is 3.88. The Morgan fingerprint density at radius 1 is 1.31 bits per heavy atom. The average Bonchev–Trinajstić information content (AvgIpc) is 3.34. The van der Waals surface area contributed by atoms with Gasteiger partial charge in [0.2, 0.25) is 11.8 Å². The molecule has 2 aromatic heterocycles. The van der Waals surface area contributed by atoms with E-state index >= 15 is 0 Å². The number of hydrogen-bond acceptors (Lipinski definition) is 6. The van der Waals surface area contributed by atoms with Crippen molar-refractivity contribution in [2.45, 2.75) is 70.9 Å². The zero-order valence-corrected chi connectivity index (χ0v) is 18.3. The molecule has 1 saturated carbocycles. The standard InChI is InChI=1S/C21H29N3O4S/c1-14-15(23-18(27-14)16-8-7-11-29-16)12-17(25)24-21(9-5-6-10-21)13-22-19(26)28-20(2,3)4/h7-8,11H,5-6,9-10,12-13H2,1-4H3,(H,22,26)(H,24,25). The molecule has 0 aliphatic heterocycles. The van der Waals surface area contributed by atoms with Crippen molar-refractivity contribution < 1.29 is 18.7 Å². The number of hydrogen-bond donors (Lipinski definition) is 2. The highest BCUT2D eigenvalue weighted by atomic mass is 32.1. The number of amides is 2. The highest BCUT2D eigenvalue weighted by Gasteiger charge is 2.36. The maximum absolute atomic E-state index is 12.8. The summed E-state index contributed by atoms with van der Waals surface area (Å²) in [5, 5.41) is 7.92. The predicted molar refractivity (Wildman–Crippen MR) is 112 cm³/mol. The fourth-order valence-electron chi connectivity index (χ4n) is 3.54. The van der Waals surface area contributed by atoms with Crippen LogP contribution < -0.4 is 10.6 Å². The molecule has 3 rings (SSSR count). The van der Waals surface area contributed by atoms with Gasteiger partial charge in [0.25, 0.3) is 0 Å². The molecule has 1 aliphatic rings. The summed E-state index contributed by atoms with van der Waals surface area (Å²) >= 11 is 1.55. The highest BCUT2D eigenvalue weighted by Crippen LogP contribution is 2.30. The predicted octanol–water partition coefficient (Wildman–Crippen LogP) is 4.21. The summed E-state index contributed by atoms with van der Waals surface area (Å²) in [6.45, 7) is 7.65. The van der Waals surface area contributed by atoms with E-state index in [1.165, 1.54) is 0 Å². The molecule has 0 spiro atoms. The molecule has 0 radical (unpaired) electrons. The van der Waals surface area contributed by atoms with Crippen LogP contribution in [0.15, 0.2) is 21.9 Å². The number of aromatic nitrogens is 1. The van der Waals surface area contributed by atoms with Gasteiger partial charge in [-0.3, -0.25) is 4.79 Å². The second-order valence-electron chi connectivity index (χ2n) is 8.57. The summed E-state index contributed by atoms with van der Waals surface area (Å²) in [4.78, 5) is 30.2. The summed E-state index contributed by atoms with van der Waals surface area (Å²) in [5.41, 5.74) is -0.359. The SMILES string of the molecule is Cc1oc(-c2cccs2)nc1CC(=O)NC1(CNC(=O)OC(C)(C)C)CCCC1. The van der Waals surface area contributed by atoms with Crippen LogP contribution in [0.1, 0.15) is 57.9 Å². The smallest absolute Gasteiger partial charge is 0.407 e. The normalized spacial score (nSPS) is 15.9. The number of oxazole rings is 1. The molecule has 0 saturated heterocycles. The number of alkyl carbamates (subject to hydrolysis) is 1. The second-order valence-corrected chi connectivity index (χ2v) is 9.51. The summed E-state index contributed by atoms with van der Waals surface area (Å²) in [6.07, 6.45) is 3.36. The zero-order chi connectivity index (χ0) is 21.1. The van der Waals surface area contributed by atoms with E-state index in [9.17, 15) is 9.59 Å². The molecule has 8 heteroatoms. The molecule has 0 bridgehead atoms. The Kier molecular flexibility index (Phi) is 6.31. The molecule has 0 atom stereocenters. The third-order valence-electron chi connectivity index (χ3n) is 4.89. The molecule has 29 heavy (non-hydrogen) atoms. The van der Waals surface area contributed by atoms with Gasteiger partial charge < -0.3 is 19.8 Å². The van der Waals surface area contributed by atoms with E-state index in [0.717, 1.165) is 30.6 Å². The molecule has 2 heterocycles. The van der Waals surface area contributed by atoms with E-state index in [4.69, 9.17) is 9.15 Å². The van der Waals surface area contributed by atoms with Crippen molar-refractivity contribution in [1.29, 1.82) is 0 Å². The summed E-state index contributed by atoms with van der Waals surface area (Å²) in [5.74, 6) is 1.07. The van der Waals surface area contributed by atoms with Crippen LogP contribution >= 0.6 is 11.3 Å². The van der Waals surface area contributed by atoms with E-state index in [2.05, 4.69) is 15.6 Å². The molecule has 2 N–H and O–H groups in total. The van der Waals surface area contributed by atoms with Gasteiger partial charge in [-0.1, -0.05) is 18.9 Å². The van der Waals surface area contributed by atoms with Gasteiger partial charge in [0.15, 0.2) is 0 Å². The number of ether oxygens (including phenoxy) is 1. The molecule has 0 unspecified atom stereocenters. The van der Waals surface area contributed by atoms with Crippen LogP contribution in [0.5, 0.6) is 0 Å². The first-order valence-corrected chi connectivity index (χ1v) is 10.8. The lowest BCUT2D eigenvalue weighted by Gasteiger charge is -2.31. The largest absolute Gasteiger partial charge is 0.444 e. The van der Waals surface area contributed by atoms with Gasteiger partial charge in [-0.05, 0) is 52.0 Å². The van der Waals surface area contributed by atoms with Gasteiger partial charge >= 0.3 is 6.09 Å². The topological polar surface area (TPSA) is 93.5 Å². The minimum atomic E-state index is -0.555. The zero-order valence-electron chi connectivity index (χ0n) is 17.5. The molecule has 0 aromatic carbocycles. The number of carbonyl (C=O) groups is 2. The first kappa shape index (κ1) is 21.4. The van der Waals surface area contributed by atoms with Crippen LogP contribution in [-0.2, 0) is 16.0 Å². The maximum atomic E-state index is 12.8. The van der Waals surface area contributed by atoms with Gasteiger partial charge in [-0.2, -0.15) is 0 Å². The lowest BCUT2D eigenvalue weighted by atomic mass is 9.97. The van der Waals surface area contributed by atoms with Gasteiger partial charge in [-0.15, -0.1) is 11.3 Å². The van der Waals surface area contributed by atoms with E-state index < -0.39 is 17.2 Å². The van der Waals surface area contributed by atoms with Gasteiger partial charge in [0.1, 0.15) is 11.4 Å².